The summed E-state index contributed by atoms with van der Waals surface area (Å²) >= 11 is 0. The number of hydrogen-bond donors (Lipinski definition) is 4. The highest BCUT2D eigenvalue weighted by atomic mass is 16.6. The van der Waals surface area contributed by atoms with Crippen LogP contribution in [0.2, 0.25) is 0 Å². The molecule has 1 aromatic rings. The third-order valence-electron chi connectivity index (χ3n) is 1.87. The SMILES string of the molecule is NC(CCCCOB(O)O)c1nn[nH]n1. The number of hydrogen-bond acceptors (Lipinski definition) is 7. The maximum atomic E-state index is 8.39. The van der Waals surface area contributed by atoms with E-state index in [1.807, 2.05) is 0 Å². The van der Waals surface area contributed by atoms with Gasteiger partial charge in [-0.2, -0.15) is 5.21 Å². The number of nitrogens with zero attached hydrogens (tertiary/aromatic N) is 3. The van der Waals surface area contributed by atoms with Crippen LogP contribution in [-0.2, 0) is 4.65 Å². The van der Waals surface area contributed by atoms with Crippen molar-refractivity contribution in [2.45, 2.75) is 25.3 Å². The van der Waals surface area contributed by atoms with E-state index in [4.69, 9.17) is 15.8 Å². The molecule has 0 radical (unpaired) electrons. The van der Waals surface area contributed by atoms with E-state index in [-0.39, 0.29) is 12.6 Å². The van der Waals surface area contributed by atoms with Crippen LogP contribution in [-0.4, -0.2) is 44.6 Å². The van der Waals surface area contributed by atoms with Gasteiger partial charge in [-0.3, -0.25) is 0 Å². The lowest BCUT2D eigenvalue weighted by atomic mass is 10.1. The molecule has 5 N–H and O–H groups in total. The van der Waals surface area contributed by atoms with Crippen molar-refractivity contribution in [3.8, 4) is 0 Å². The lowest BCUT2D eigenvalue weighted by Crippen LogP contribution is -2.18. The van der Waals surface area contributed by atoms with Crippen molar-refractivity contribution >= 4 is 7.32 Å². The van der Waals surface area contributed by atoms with Gasteiger partial charge in [-0.05, 0) is 19.3 Å². The zero-order chi connectivity index (χ0) is 11.1. The number of aromatic nitrogens is 4. The molecule has 0 aliphatic carbocycles. The van der Waals surface area contributed by atoms with E-state index < -0.39 is 7.32 Å². The Kier molecular flexibility index (Phi) is 5.19. The average Bonchev–Trinajstić information content (AvgIpc) is 2.69. The molecule has 0 spiro atoms. The van der Waals surface area contributed by atoms with E-state index in [0.29, 0.717) is 18.7 Å². The number of aromatic amines is 1. The van der Waals surface area contributed by atoms with Gasteiger partial charge in [0, 0.05) is 6.61 Å². The van der Waals surface area contributed by atoms with Crippen LogP contribution < -0.4 is 5.73 Å². The summed E-state index contributed by atoms with van der Waals surface area (Å²) in [5.41, 5.74) is 5.76. The van der Waals surface area contributed by atoms with E-state index >= 15 is 0 Å². The highest BCUT2D eigenvalue weighted by Crippen LogP contribution is 2.10. The van der Waals surface area contributed by atoms with E-state index in [1.165, 1.54) is 0 Å². The number of H-pyrrole nitrogens is 1. The second kappa shape index (κ2) is 6.46. The minimum absolute atomic E-state index is 0.247. The molecule has 0 aromatic carbocycles. The Morgan fingerprint density at radius 3 is 2.87 bits per heavy atom. The zero-order valence-corrected chi connectivity index (χ0v) is 8.20. The van der Waals surface area contributed by atoms with Crippen LogP contribution in [0.15, 0.2) is 0 Å². The lowest BCUT2D eigenvalue weighted by molar-refractivity contribution is 0.181. The number of nitrogens with two attached hydrogens (primary N) is 1. The Balaban J connectivity index is 2.05. The zero-order valence-electron chi connectivity index (χ0n) is 8.20. The van der Waals surface area contributed by atoms with Crippen LogP contribution in [0.5, 0.6) is 0 Å². The molecule has 0 fully saturated rings. The molecule has 0 saturated heterocycles. The average molecular weight is 215 g/mol. The van der Waals surface area contributed by atoms with Crippen molar-refractivity contribution in [2.75, 3.05) is 6.61 Å². The Morgan fingerprint density at radius 2 is 2.27 bits per heavy atom. The summed E-state index contributed by atoms with van der Waals surface area (Å²) < 4.78 is 4.53. The number of nitrogens with one attached hydrogen (secondary N) is 1. The summed E-state index contributed by atoms with van der Waals surface area (Å²) in [5.74, 6) is 0.484. The summed E-state index contributed by atoms with van der Waals surface area (Å²) in [6.07, 6.45) is 2.19. The number of unbranched alkanes of at least 4 members (excludes halogenated alkanes) is 1. The van der Waals surface area contributed by atoms with Crippen LogP contribution in [0.1, 0.15) is 31.1 Å². The van der Waals surface area contributed by atoms with Gasteiger partial charge in [0.2, 0.25) is 0 Å². The predicted molar refractivity (Wildman–Crippen MR) is 51.1 cm³/mol. The van der Waals surface area contributed by atoms with Crippen molar-refractivity contribution in [1.82, 2.24) is 20.6 Å². The first-order valence-corrected chi connectivity index (χ1v) is 4.67. The molecule has 15 heavy (non-hydrogen) atoms. The molecule has 1 unspecified atom stereocenters. The molecular weight excluding hydrogens is 201 g/mol. The van der Waals surface area contributed by atoms with Gasteiger partial charge in [0.25, 0.3) is 0 Å². The maximum Gasteiger partial charge on any atom is 0.633 e. The fourth-order valence-corrected chi connectivity index (χ4v) is 1.11. The third-order valence-corrected chi connectivity index (χ3v) is 1.87. The van der Waals surface area contributed by atoms with Gasteiger partial charge in [-0.15, -0.1) is 10.2 Å². The summed E-state index contributed by atoms with van der Waals surface area (Å²) in [4.78, 5) is 0. The summed E-state index contributed by atoms with van der Waals surface area (Å²) in [6.45, 7) is 0.288. The standard InChI is InChI=1S/C6H14BN5O3/c8-5(6-9-11-12-10-6)3-1-2-4-15-7(13)14/h5,13-14H,1-4,8H2,(H,9,10,11,12). The fourth-order valence-electron chi connectivity index (χ4n) is 1.11. The van der Waals surface area contributed by atoms with Gasteiger partial charge in [0.1, 0.15) is 0 Å². The lowest BCUT2D eigenvalue weighted by Gasteiger charge is -2.06. The molecule has 84 valence electrons. The smallest absolute Gasteiger partial charge is 0.402 e. The third kappa shape index (κ3) is 4.84. The van der Waals surface area contributed by atoms with E-state index in [9.17, 15) is 0 Å². The fraction of sp³-hybridized carbons (Fsp3) is 0.833. The number of rotatable bonds is 7. The summed E-state index contributed by atoms with van der Waals surface area (Å²) in [5, 5.41) is 30.0. The van der Waals surface area contributed by atoms with Crippen molar-refractivity contribution in [1.29, 1.82) is 0 Å². The first kappa shape index (κ1) is 12.0. The van der Waals surface area contributed by atoms with E-state index in [0.717, 1.165) is 6.42 Å². The van der Waals surface area contributed by atoms with Gasteiger partial charge in [0.15, 0.2) is 5.82 Å². The minimum atomic E-state index is -1.70. The van der Waals surface area contributed by atoms with Crippen LogP contribution >= 0.6 is 0 Å². The normalized spacial score (nSPS) is 12.7. The maximum absolute atomic E-state index is 8.39. The topological polar surface area (TPSA) is 130 Å². The minimum Gasteiger partial charge on any atom is -0.402 e. The van der Waals surface area contributed by atoms with Crippen LogP contribution in [0.25, 0.3) is 0 Å². The molecular formula is C6H14BN5O3. The van der Waals surface area contributed by atoms with Crippen LogP contribution in [0.3, 0.4) is 0 Å². The molecule has 1 atom stereocenters. The molecule has 8 nitrogen and oxygen atoms in total. The highest BCUT2D eigenvalue weighted by molar-refractivity contribution is 6.32. The largest absolute Gasteiger partial charge is 0.633 e. The monoisotopic (exact) mass is 215 g/mol. The quantitative estimate of drug-likeness (QED) is 0.316. The van der Waals surface area contributed by atoms with Crippen molar-refractivity contribution < 1.29 is 14.7 Å². The summed E-state index contributed by atoms with van der Waals surface area (Å²) in [6, 6.07) is -0.247. The molecule has 1 aromatic heterocycles. The first-order chi connectivity index (χ1) is 7.20. The van der Waals surface area contributed by atoms with E-state index in [1.54, 1.807) is 0 Å². The molecule has 0 aliphatic heterocycles. The molecule has 0 bridgehead atoms. The van der Waals surface area contributed by atoms with Gasteiger partial charge >= 0.3 is 7.32 Å². The van der Waals surface area contributed by atoms with Crippen molar-refractivity contribution in [3.63, 3.8) is 0 Å². The molecule has 9 heteroatoms. The van der Waals surface area contributed by atoms with Gasteiger partial charge in [0.05, 0.1) is 6.04 Å². The Labute approximate surface area is 87.0 Å². The molecule has 1 rings (SSSR count). The second-order valence-electron chi connectivity index (χ2n) is 3.07. The second-order valence-corrected chi connectivity index (χ2v) is 3.07. The highest BCUT2D eigenvalue weighted by Gasteiger charge is 2.11. The first-order valence-electron chi connectivity index (χ1n) is 4.67. The predicted octanol–water partition coefficient (Wildman–Crippen LogP) is -1.64. The van der Waals surface area contributed by atoms with Crippen LogP contribution in [0, 0.1) is 0 Å². The van der Waals surface area contributed by atoms with Gasteiger partial charge in [-0.1, -0.05) is 5.21 Å². The Bertz CT molecular complexity index is 257. The summed E-state index contributed by atoms with van der Waals surface area (Å²) in [7, 11) is -1.70. The molecule has 0 aliphatic rings. The number of tetrazole rings is 1. The van der Waals surface area contributed by atoms with Gasteiger partial charge in [-0.25, -0.2) is 0 Å². The van der Waals surface area contributed by atoms with Crippen LogP contribution in [0.4, 0.5) is 0 Å². The molecule has 0 amide bonds. The van der Waals surface area contributed by atoms with E-state index in [2.05, 4.69) is 25.3 Å². The Morgan fingerprint density at radius 1 is 1.47 bits per heavy atom. The molecule has 1 heterocycles. The molecule has 0 saturated carbocycles. The Hall–Kier alpha value is -1.03. The van der Waals surface area contributed by atoms with Crippen molar-refractivity contribution in [2.24, 2.45) is 5.73 Å². The van der Waals surface area contributed by atoms with Gasteiger partial charge < -0.3 is 20.4 Å². The van der Waals surface area contributed by atoms with Crippen molar-refractivity contribution in [3.05, 3.63) is 5.82 Å².